The molecule has 2 N–H and O–H groups in total. The van der Waals surface area contributed by atoms with E-state index >= 15 is 0 Å². The summed E-state index contributed by atoms with van der Waals surface area (Å²) >= 11 is 1.26. The minimum Gasteiger partial charge on any atom is -0.346 e. The fraction of sp³-hybridized carbons (Fsp3) is 0.200. The maximum absolute atomic E-state index is 12.1. The van der Waals surface area contributed by atoms with Crippen molar-refractivity contribution in [1.82, 2.24) is 20.1 Å². The van der Waals surface area contributed by atoms with Gasteiger partial charge < -0.3 is 10.6 Å². The van der Waals surface area contributed by atoms with Crippen LogP contribution in [0.5, 0.6) is 0 Å². The molecule has 8 heteroatoms. The number of para-hydroxylation sites is 2. The average Bonchev–Trinajstić information content (AvgIpc) is 3.20. The van der Waals surface area contributed by atoms with Crippen molar-refractivity contribution < 1.29 is 9.59 Å². The Bertz CT molecular complexity index is 943. The molecule has 0 radical (unpaired) electrons. The van der Waals surface area contributed by atoms with Crippen LogP contribution >= 0.6 is 11.8 Å². The van der Waals surface area contributed by atoms with Crippen LogP contribution in [0.4, 0.5) is 5.69 Å². The molecule has 1 heterocycles. The first-order chi connectivity index (χ1) is 13.7. The molecule has 0 aliphatic rings. The maximum atomic E-state index is 12.1. The number of carbonyl (C=O) groups excluding carboxylic acids is 2. The number of hydrogen-bond donors (Lipinski definition) is 2. The topological polar surface area (TPSA) is 88.9 Å². The Balaban J connectivity index is 1.48. The SMILES string of the molecule is CCc1ccccc1NC(=O)CNC(=O)CSc1nncn1-c1ccccc1. The number of rotatable bonds is 8. The number of anilines is 1. The van der Waals surface area contributed by atoms with Gasteiger partial charge in [-0.3, -0.25) is 14.2 Å². The van der Waals surface area contributed by atoms with Crippen molar-refractivity contribution in [3.63, 3.8) is 0 Å². The molecule has 0 fully saturated rings. The molecule has 7 nitrogen and oxygen atoms in total. The van der Waals surface area contributed by atoms with E-state index in [1.54, 1.807) is 6.33 Å². The number of amides is 2. The number of aryl methyl sites for hydroxylation is 1. The summed E-state index contributed by atoms with van der Waals surface area (Å²) in [5.74, 6) is -0.358. The summed E-state index contributed by atoms with van der Waals surface area (Å²) in [6.45, 7) is 1.95. The predicted molar refractivity (Wildman–Crippen MR) is 110 cm³/mol. The van der Waals surface area contributed by atoms with Gasteiger partial charge in [0.2, 0.25) is 11.8 Å². The third kappa shape index (κ3) is 5.20. The van der Waals surface area contributed by atoms with Crippen molar-refractivity contribution in [1.29, 1.82) is 0 Å². The zero-order valence-corrected chi connectivity index (χ0v) is 16.3. The summed E-state index contributed by atoms with van der Waals surface area (Å²) in [6.07, 6.45) is 2.43. The van der Waals surface area contributed by atoms with E-state index in [0.717, 1.165) is 23.4 Å². The Morgan fingerprint density at radius 2 is 1.79 bits per heavy atom. The van der Waals surface area contributed by atoms with Crippen molar-refractivity contribution >= 4 is 29.3 Å². The molecule has 2 aromatic carbocycles. The molecule has 3 rings (SSSR count). The van der Waals surface area contributed by atoms with E-state index in [1.165, 1.54) is 11.8 Å². The molecule has 0 saturated heterocycles. The first-order valence-electron chi connectivity index (χ1n) is 8.90. The van der Waals surface area contributed by atoms with E-state index in [-0.39, 0.29) is 24.1 Å². The first-order valence-corrected chi connectivity index (χ1v) is 9.88. The number of aromatic nitrogens is 3. The van der Waals surface area contributed by atoms with Gasteiger partial charge in [0.05, 0.1) is 12.3 Å². The van der Waals surface area contributed by atoms with Crippen LogP contribution in [-0.4, -0.2) is 38.9 Å². The van der Waals surface area contributed by atoms with Crippen molar-refractivity contribution in [3.05, 3.63) is 66.5 Å². The van der Waals surface area contributed by atoms with Gasteiger partial charge in [0.15, 0.2) is 5.16 Å². The largest absolute Gasteiger partial charge is 0.346 e. The highest BCUT2D eigenvalue weighted by atomic mass is 32.2. The summed E-state index contributed by atoms with van der Waals surface area (Å²) in [5, 5.41) is 14.0. The highest BCUT2D eigenvalue weighted by Gasteiger charge is 2.11. The molecule has 1 aromatic heterocycles. The molecule has 0 atom stereocenters. The molecule has 3 aromatic rings. The monoisotopic (exact) mass is 395 g/mol. The van der Waals surface area contributed by atoms with Crippen LogP contribution < -0.4 is 10.6 Å². The summed E-state index contributed by atoms with van der Waals surface area (Å²) in [4.78, 5) is 24.2. The average molecular weight is 395 g/mol. The highest BCUT2D eigenvalue weighted by molar-refractivity contribution is 7.99. The van der Waals surface area contributed by atoms with Gasteiger partial charge in [0.1, 0.15) is 6.33 Å². The standard InChI is InChI=1S/C20H21N5O2S/c1-2-15-8-6-7-11-17(15)23-18(26)12-21-19(27)13-28-20-24-22-14-25(20)16-9-4-3-5-10-16/h3-11,14H,2,12-13H2,1H3,(H,21,27)(H,23,26). The third-order valence-corrected chi connectivity index (χ3v) is 4.94. The second-order valence-corrected chi connectivity index (χ2v) is 6.89. The van der Waals surface area contributed by atoms with Crippen molar-refractivity contribution in [3.8, 4) is 5.69 Å². The minimum absolute atomic E-state index is 0.0805. The Labute approximate surface area is 167 Å². The van der Waals surface area contributed by atoms with Gasteiger partial charge in [-0.25, -0.2) is 0 Å². The van der Waals surface area contributed by atoms with E-state index in [9.17, 15) is 9.59 Å². The zero-order valence-electron chi connectivity index (χ0n) is 15.5. The molecule has 0 spiro atoms. The van der Waals surface area contributed by atoms with Gasteiger partial charge in [-0.05, 0) is 30.2 Å². The lowest BCUT2D eigenvalue weighted by Gasteiger charge is -2.10. The molecule has 0 saturated carbocycles. The Hall–Kier alpha value is -3.13. The molecule has 28 heavy (non-hydrogen) atoms. The van der Waals surface area contributed by atoms with Gasteiger partial charge in [-0.1, -0.05) is 55.1 Å². The fourth-order valence-electron chi connectivity index (χ4n) is 2.59. The van der Waals surface area contributed by atoms with Crippen molar-refractivity contribution in [2.45, 2.75) is 18.5 Å². The third-order valence-electron chi connectivity index (χ3n) is 4.00. The van der Waals surface area contributed by atoms with Crippen LogP contribution in [-0.2, 0) is 16.0 Å². The molecule has 0 bridgehead atoms. The summed E-state index contributed by atoms with van der Waals surface area (Å²) < 4.78 is 1.81. The Morgan fingerprint density at radius 3 is 2.57 bits per heavy atom. The molecule has 2 amide bonds. The predicted octanol–water partition coefficient (Wildman–Crippen LogP) is 2.68. The van der Waals surface area contributed by atoms with Crippen LogP contribution in [0.1, 0.15) is 12.5 Å². The van der Waals surface area contributed by atoms with Crippen LogP contribution in [0.25, 0.3) is 5.69 Å². The van der Waals surface area contributed by atoms with Gasteiger partial charge in [0, 0.05) is 11.4 Å². The molecular formula is C20H21N5O2S. The number of thioether (sulfide) groups is 1. The second-order valence-electron chi connectivity index (χ2n) is 5.94. The molecular weight excluding hydrogens is 374 g/mol. The first kappa shape index (κ1) is 19.6. The van der Waals surface area contributed by atoms with Gasteiger partial charge >= 0.3 is 0 Å². The fourth-order valence-corrected chi connectivity index (χ4v) is 3.35. The quantitative estimate of drug-likeness (QED) is 0.573. The van der Waals surface area contributed by atoms with E-state index < -0.39 is 0 Å². The van der Waals surface area contributed by atoms with Crippen molar-refractivity contribution in [2.75, 3.05) is 17.6 Å². The van der Waals surface area contributed by atoms with E-state index in [1.807, 2.05) is 66.1 Å². The lowest BCUT2D eigenvalue weighted by molar-refractivity contribution is -0.122. The summed E-state index contributed by atoms with van der Waals surface area (Å²) in [7, 11) is 0. The lowest BCUT2D eigenvalue weighted by atomic mass is 10.1. The lowest BCUT2D eigenvalue weighted by Crippen LogP contribution is -2.34. The molecule has 144 valence electrons. The van der Waals surface area contributed by atoms with Gasteiger partial charge in [0.25, 0.3) is 0 Å². The Kier molecular flexibility index (Phi) is 6.80. The van der Waals surface area contributed by atoms with Gasteiger partial charge in [-0.15, -0.1) is 10.2 Å². The normalized spacial score (nSPS) is 10.5. The highest BCUT2D eigenvalue weighted by Crippen LogP contribution is 2.19. The van der Waals surface area contributed by atoms with E-state index in [2.05, 4.69) is 20.8 Å². The summed E-state index contributed by atoms with van der Waals surface area (Å²) in [6, 6.07) is 17.3. The number of nitrogens with one attached hydrogen (secondary N) is 2. The van der Waals surface area contributed by atoms with Gasteiger partial charge in [-0.2, -0.15) is 0 Å². The zero-order chi connectivity index (χ0) is 19.8. The van der Waals surface area contributed by atoms with Crippen molar-refractivity contribution in [2.24, 2.45) is 0 Å². The van der Waals surface area contributed by atoms with Crippen LogP contribution in [0.3, 0.4) is 0 Å². The van der Waals surface area contributed by atoms with Crippen LogP contribution in [0.15, 0.2) is 66.1 Å². The number of benzene rings is 2. The minimum atomic E-state index is -0.258. The van der Waals surface area contributed by atoms with E-state index in [4.69, 9.17) is 0 Å². The molecule has 0 aliphatic heterocycles. The number of hydrogen-bond acceptors (Lipinski definition) is 5. The molecule has 0 unspecified atom stereocenters. The second kappa shape index (κ2) is 9.70. The summed E-state index contributed by atoms with van der Waals surface area (Å²) in [5.41, 5.74) is 2.75. The number of carbonyl (C=O) groups is 2. The molecule has 0 aliphatic carbocycles. The Morgan fingerprint density at radius 1 is 1.04 bits per heavy atom. The smallest absolute Gasteiger partial charge is 0.243 e. The number of nitrogens with zero attached hydrogens (tertiary/aromatic N) is 3. The van der Waals surface area contributed by atoms with Crippen LogP contribution in [0, 0.1) is 0 Å². The maximum Gasteiger partial charge on any atom is 0.243 e. The van der Waals surface area contributed by atoms with E-state index in [0.29, 0.717) is 5.16 Å². The van der Waals surface area contributed by atoms with Crippen LogP contribution in [0.2, 0.25) is 0 Å².